The summed E-state index contributed by atoms with van der Waals surface area (Å²) in [6.45, 7) is 12.2. The van der Waals surface area contributed by atoms with Gasteiger partial charge >= 0.3 is 13.8 Å². The van der Waals surface area contributed by atoms with Gasteiger partial charge in [0.05, 0.1) is 38.4 Å². The topological polar surface area (TPSA) is 73.9 Å². The Hall–Kier alpha value is -1.49. The maximum absolute atomic E-state index is 12.9. The summed E-state index contributed by atoms with van der Waals surface area (Å²) in [5, 5.41) is 3.16. The van der Waals surface area contributed by atoms with Crippen molar-refractivity contribution in [3.63, 3.8) is 0 Å². The zero-order valence-electron chi connectivity index (χ0n) is 22.5. The van der Waals surface area contributed by atoms with Crippen LogP contribution in [0, 0.1) is 0 Å². The van der Waals surface area contributed by atoms with Gasteiger partial charge in [0.15, 0.2) is 5.16 Å². The quantitative estimate of drug-likeness (QED) is 0.274. The first-order valence-electron chi connectivity index (χ1n) is 13.6. The van der Waals surface area contributed by atoms with Crippen molar-refractivity contribution in [3.05, 3.63) is 29.8 Å². The van der Waals surface area contributed by atoms with Crippen LogP contribution in [0.15, 0.2) is 24.3 Å². The van der Waals surface area contributed by atoms with E-state index in [1.165, 1.54) is 5.56 Å². The highest BCUT2D eigenvalue weighted by Gasteiger charge is 2.53. The Morgan fingerprint density at radius 2 is 1.83 bits per heavy atom. The summed E-state index contributed by atoms with van der Waals surface area (Å²) in [4.78, 5) is 12.0. The maximum Gasteiger partial charge on any atom is 0.343 e. The summed E-state index contributed by atoms with van der Waals surface area (Å²) in [6, 6.07) is 8.39. The molecule has 3 atom stereocenters. The van der Waals surface area contributed by atoms with Gasteiger partial charge in [-0.05, 0) is 76.5 Å². The van der Waals surface area contributed by atoms with Crippen LogP contribution < -0.4 is 10.1 Å². The SMILES string of the molecule is CC.CCOC(=O)CCC1([P+](C)=O)CCCNC1COC1CCC(c2ccccc2OCC)CC1. The van der Waals surface area contributed by atoms with Gasteiger partial charge < -0.3 is 19.5 Å². The van der Waals surface area contributed by atoms with Crippen LogP contribution in [-0.2, 0) is 18.8 Å². The molecule has 1 N–H and O–H groups in total. The molecule has 2 fully saturated rings. The molecule has 0 spiro atoms. The molecule has 2 aliphatic rings. The maximum atomic E-state index is 12.9. The molecule has 7 heteroatoms. The molecule has 1 saturated carbocycles. The Labute approximate surface area is 213 Å². The van der Waals surface area contributed by atoms with Crippen molar-refractivity contribution in [1.29, 1.82) is 0 Å². The van der Waals surface area contributed by atoms with Crippen molar-refractivity contribution in [3.8, 4) is 5.75 Å². The van der Waals surface area contributed by atoms with Gasteiger partial charge in [-0.1, -0.05) is 36.6 Å². The average molecular weight is 509 g/mol. The van der Waals surface area contributed by atoms with Crippen LogP contribution in [-0.4, -0.2) is 56.3 Å². The average Bonchev–Trinajstić information content (AvgIpc) is 2.89. The second-order valence-electron chi connectivity index (χ2n) is 9.29. The fraction of sp³-hybridized carbons (Fsp3) is 0.750. The number of piperidine rings is 1. The van der Waals surface area contributed by atoms with Crippen molar-refractivity contribution < 1.29 is 23.6 Å². The van der Waals surface area contributed by atoms with E-state index in [0.29, 0.717) is 38.6 Å². The largest absolute Gasteiger partial charge is 0.494 e. The second-order valence-corrected chi connectivity index (χ2v) is 11.2. The van der Waals surface area contributed by atoms with Crippen LogP contribution in [0.3, 0.4) is 0 Å². The Morgan fingerprint density at radius 3 is 2.49 bits per heavy atom. The highest BCUT2D eigenvalue weighted by atomic mass is 31.1. The molecule has 35 heavy (non-hydrogen) atoms. The van der Waals surface area contributed by atoms with Crippen LogP contribution >= 0.6 is 7.80 Å². The van der Waals surface area contributed by atoms with Crippen LogP contribution in [0.2, 0.25) is 0 Å². The Kier molecular flexibility index (Phi) is 13.2. The number of hydrogen-bond acceptors (Lipinski definition) is 6. The molecule has 1 aliphatic heterocycles. The lowest BCUT2D eigenvalue weighted by Crippen LogP contribution is -2.55. The summed E-state index contributed by atoms with van der Waals surface area (Å²) >= 11 is 0. The van der Waals surface area contributed by atoms with E-state index in [1.807, 2.05) is 40.4 Å². The monoisotopic (exact) mass is 508 g/mol. The molecule has 0 radical (unpaired) electrons. The van der Waals surface area contributed by atoms with Gasteiger partial charge in [-0.15, -0.1) is 0 Å². The van der Waals surface area contributed by atoms with E-state index in [1.54, 1.807) is 0 Å². The number of para-hydroxylation sites is 1. The Balaban J connectivity index is 0.00000210. The van der Waals surface area contributed by atoms with Crippen LogP contribution in [0.5, 0.6) is 5.75 Å². The van der Waals surface area contributed by atoms with E-state index in [-0.39, 0.29) is 18.1 Å². The van der Waals surface area contributed by atoms with Crippen LogP contribution in [0.4, 0.5) is 0 Å². The predicted molar refractivity (Wildman–Crippen MR) is 143 cm³/mol. The molecule has 1 saturated heterocycles. The number of carbonyl (C=O) groups excluding carboxylic acids is 1. The second kappa shape index (κ2) is 15.6. The van der Waals surface area contributed by atoms with Gasteiger partial charge in [-0.25, -0.2) is 0 Å². The van der Waals surface area contributed by atoms with Crippen molar-refractivity contribution in [1.82, 2.24) is 5.32 Å². The minimum absolute atomic E-state index is 0.00527. The molecule has 1 aromatic carbocycles. The van der Waals surface area contributed by atoms with Crippen molar-refractivity contribution >= 4 is 13.8 Å². The molecule has 198 valence electrons. The molecule has 0 aromatic heterocycles. The van der Waals surface area contributed by atoms with Crippen LogP contribution in [0.1, 0.15) is 90.5 Å². The lowest BCUT2D eigenvalue weighted by Gasteiger charge is -2.38. The fourth-order valence-corrected chi connectivity index (χ4v) is 7.02. The Bertz CT molecular complexity index is 780. The van der Waals surface area contributed by atoms with Gasteiger partial charge in [-0.3, -0.25) is 4.79 Å². The fourth-order valence-electron chi connectivity index (χ4n) is 5.51. The highest BCUT2D eigenvalue weighted by Crippen LogP contribution is 2.48. The summed E-state index contributed by atoms with van der Waals surface area (Å²) in [5.74, 6) is 1.31. The number of carbonyl (C=O) groups is 1. The molecule has 6 nitrogen and oxygen atoms in total. The lowest BCUT2D eigenvalue weighted by atomic mass is 9.82. The van der Waals surface area contributed by atoms with Gasteiger partial charge in [-0.2, -0.15) is 0 Å². The summed E-state index contributed by atoms with van der Waals surface area (Å²) < 4.78 is 30.3. The predicted octanol–water partition coefficient (Wildman–Crippen LogP) is 6.45. The van der Waals surface area contributed by atoms with Gasteiger partial charge in [0, 0.05) is 6.42 Å². The van der Waals surface area contributed by atoms with Gasteiger partial charge in [0.2, 0.25) is 0 Å². The number of nitrogens with one attached hydrogen (secondary N) is 1. The van der Waals surface area contributed by atoms with E-state index < -0.39 is 13.0 Å². The summed E-state index contributed by atoms with van der Waals surface area (Å²) in [7, 11) is -1.47. The highest BCUT2D eigenvalue weighted by molar-refractivity contribution is 7.45. The number of rotatable bonds is 11. The zero-order chi connectivity index (χ0) is 25.7. The molecular formula is C28H47NO5P+. The normalized spacial score (nSPS) is 26.8. The van der Waals surface area contributed by atoms with Crippen molar-refractivity contribution in [2.24, 2.45) is 0 Å². The van der Waals surface area contributed by atoms with Crippen LogP contribution in [0.25, 0.3) is 0 Å². The van der Waals surface area contributed by atoms with Crippen molar-refractivity contribution in [2.45, 2.75) is 102 Å². The molecule has 0 bridgehead atoms. The first-order valence-corrected chi connectivity index (χ1v) is 15.3. The molecule has 3 rings (SSSR count). The summed E-state index contributed by atoms with van der Waals surface area (Å²) in [6.07, 6.45) is 7.16. The number of hydrogen-bond donors (Lipinski definition) is 1. The third-order valence-corrected chi connectivity index (χ3v) is 9.36. The smallest absolute Gasteiger partial charge is 0.343 e. The van der Waals surface area contributed by atoms with E-state index in [2.05, 4.69) is 23.5 Å². The van der Waals surface area contributed by atoms with Crippen molar-refractivity contribution in [2.75, 3.05) is 33.0 Å². The lowest BCUT2D eigenvalue weighted by molar-refractivity contribution is -0.143. The molecule has 1 aromatic rings. The molecule has 1 heterocycles. The third kappa shape index (κ3) is 8.27. The Morgan fingerprint density at radius 1 is 1.11 bits per heavy atom. The first kappa shape index (κ1) is 29.7. The van der Waals surface area contributed by atoms with E-state index in [4.69, 9.17) is 14.2 Å². The zero-order valence-corrected chi connectivity index (χ0v) is 23.4. The molecule has 0 amide bonds. The van der Waals surface area contributed by atoms with E-state index >= 15 is 0 Å². The molecular weight excluding hydrogens is 461 g/mol. The van der Waals surface area contributed by atoms with Gasteiger partial charge in [0.25, 0.3) is 0 Å². The summed E-state index contributed by atoms with van der Waals surface area (Å²) in [5.41, 5.74) is 1.31. The minimum atomic E-state index is -1.47. The molecule has 1 aliphatic carbocycles. The third-order valence-electron chi connectivity index (χ3n) is 7.35. The first-order chi connectivity index (χ1) is 17.0. The number of esters is 1. The standard InChI is InChI=1S/C26H41NO5P.C2H6/c1-4-30-23-10-7-6-9-22(23)20-11-13-21(14-12-20)32-19-24-26(33(3)29,16-8-18-27-24)17-15-25(28)31-5-2;1-2/h6-7,9-10,20-21,24,27H,4-5,8,11-19H2,1-3H3;1-2H3/q+1;. The minimum Gasteiger partial charge on any atom is -0.494 e. The van der Waals surface area contributed by atoms with Gasteiger partial charge in [0.1, 0.15) is 12.4 Å². The van der Waals surface area contributed by atoms with E-state index in [9.17, 15) is 9.36 Å². The number of benzene rings is 1. The number of ether oxygens (including phenoxy) is 3. The van der Waals surface area contributed by atoms with E-state index in [0.717, 1.165) is 50.8 Å². The molecule has 3 unspecified atom stereocenters.